The van der Waals surface area contributed by atoms with Crippen LogP contribution in [0.4, 0.5) is 0 Å². The lowest BCUT2D eigenvalue weighted by Crippen LogP contribution is -2.56. The maximum atomic E-state index is 12.4. The van der Waals surface area contributed by atoms with E-state index in [4.69, 9.17) is 5.84 Å². The number of rotatable bonds is 3. The van der Waals surface area contributed by atoms with Gasteiger partial charge in [-0.05, 0) is 12.8 Å². The predicted octanol–water partition coefficient (Wildman–Crippen LogP) is -0.920. The zero-order chi connectivity index (χ0) is 15.0. The molecule has 3 rings (SSSR count). The second-order valence-corrected chi connectivity index (χ2v) is 5.92. The molecule has 0 radical (unpaired) electrons. The Balaban J connectivity index is 1.72. The van der Waals surface area contributed by atoms with Gasteiger partial charge in [-0.2, -0.15) is 0 Å². The summed E-state index contributed by atoms with van der Waals surface area (Å²) in [5.74, 6) is 4.53. The molecule has 3 N–H and O–H groups in total. The number of fused-ring (bicyclic) bond motifs is 1. The van der Waals surface area contributed by atoms with E-state index in [1.54, 1.807) is 10.3 Å². The summed E-state index contributed by atoms with van der Waals surface area (Å²) in [6.07, 6.45) is 1.59. The van der Waals surface area contributed by atoms with Gasteiger partial charge < -0.3 is 9.80 Å². The number of thiazole rings is 1. The van der Waals surface area contributed by atoms with E-state index in [1.165, 1.54) is 4.90 Å². The molecule has 3 heterocycles. The number of carbonyl (C=O) groups is 3. The third-order valence-electron chi connectivity index (χ3n) is 3.73. The number of piperazine rings is 1. The molecule has 2 aliphatic rings. The molecule has 112 valence electrons. The van der Waals surface area contributed by atoms with Crippen molar-refractivity contribution in [3.63, 3.8) is 0 Å². The minimum atomic E-state index is -0.464. The highest BCUT2D eigenvalue weighted by atomic mass is 32.1. The molecule has 2 saturated heterocycles. The second-order valence-electron chi connectivity index (χ2n) is 5.06. The van der Waals surface area contributed by atoms with Crippen molar-refractivity contribution in [1.29, 1.82) is 0 Å². The minimum absolute atomic E-state index is 0.0211. The van der Waals surface area contributed by atoms with Crippen LogP contribution in [0.1, 0.15) is 28.3 Å². The van der Waals surface area contributed by atoms with Gasteiger partial charge in [-0.25, -0.2) is 10.8 Å². The largest absolute Gasteiger partial charge is 0.329 e. The average Bonchev–Trinajstić information content (AvgIpc) is 3.13. The van der Waals surface area contributed by atoms with Crippen LogP contribution in [0.15, 0.2) is 5.38 Å². The van der Waals surface area contributed by atoms with Crippen LogP contribution < -0.4 is 11.3 Å². The number of nitrogen functional groups attached to an aromatic ring is 1. The molecule has 0 aliphatic carbocycles. The zero-order valence-corrected chi connectivity index (χ0v) is 12.1. The van der Waals surface area contributed by atoms with E-state index in [0.717, 1.165) is 24.2 Å². The van der Waals surface area contributed by atoms with E-state index in [-0.39, 0.29) is 36.0 Å². The summed E-state index contributed by atoms with van der Waals surface area (Å²) in [6.45, 7) is 0.981. The third kappa shape index (κ3) is 2.49. The Morgan fingerprint density at radius 2 is 2.33 bits per heavy atom. The molecule has 2 fully saturated rings. The molecule has 1 unspecified atom stereocenters. The van der Waals surface area contributed by atoms with Crippen LogP contribution in [-0.4, -0.2) is 51.6 Å². The Labute approximate surface area is 124 Å². The normalized spacial score (nSPS) is 21.7. The first-order chi connectivity index (χ1) is 10.1. The van der Waals surface area contributed by atoms with Crippen molar-refractivity contribution in [2.24, 2.45) is 5.84 Å². The van der Waals surface area contributed by atoms with Gasteiger partial charge in [0.15, 0.2) is 5.01 Å². The number of hydrogen-bond donors (Lipinski definition) is 2. The molecule has 3 amide bonds. The Hall–Kier alpha value is -2.00. The van der Waals surface area contributed by atoms with Gasteiger partial charge in [0.1, 0.15) is 12.6 Å². The monoisotopic (exact) mass is 309 g/mol. The fraction of sp³-hybridized carbons (Fsp3) is 0.500. The molecule has 0 bridgehead atoms. The Morgan fingerprint density at radius 1 is 1.52 bits per heavy atom. The van der Waals surface area contributed by atoms with E-state index in [0.29, 0.717) is 12.2 Å². The molecule has 9 heteroatoms. The zero-order valence-electron chi connectivity index (χ0n) is 11.2. The first kappa shape index (κ1) is 14.0. The minimum Gasteiger partial charge on any atom is -0.329 e. The number of nitrogens with two attached hydrogens (primary N) is 1. The first-order valence-electron chi connectivity index (χ1n) is 6.63. The van der Waals surface area contributed by atoms with E-state index in [1.807, 2.05) is 5.43 Å². The van der Waals surface area contributed by atoms with Crippen molar-refractivity contribution < 1.29 is 14.4 Å². The van der Waals surface area contributed by atoms with Crippen molar-refractivity contribution in [3.05, 3.63) is 16.1 Å². The highest BCUT2D eigenvalue weighted by molar-refractivity contribution is 7.11. The molecule has 1 atom stereocenters. The smallest absolute Gasteiger partial charge is 0.294 e. The van der Waals surface area contributed by atoms with Crippen LogP contribution >= 0.6 is 11.3 Å². The quantitative estimate of drug-likeness (QED) is 0.426. The van der Waals surface area contributed by atoms with Crippen molar-refractivity contribution in [2.45, 2.75) is 25.4 Å². The molecule has 2 aliphatic heterocycles. The van der Waals surface area contributed by atoms with Gasteiger partial charge >= 0.3 is 0 Å². The second kappa shape index (κ2) is 5.41. The molecule has 0 spiro atoms. The highest BCUT2D eigenvalue weighted by Gasteiger charge is 2.41. The standard InChI is InChI=1S/C12H15N5O3S/c13-15-10(19)11-14-7(6-21-11)4-16-5-9(18)17-3-1-2-8(17)12(16)20/h6,8H,1-5,13H2,(H,15,19). The van der Waals surface area contributed by atoms with E-state index in [2.05, 4.69) is 4.98 Å². The van der Waals surface area contributed by atoms with Crippen LogP contribution in [0.3, 0.4) is 0 Å². The van der Waals surface area contributed by atoms with Crippen molar-refractivity contribution in [3.8, 4) is 0 Å². The fourth-order valence-corrected chi connectivity index (χ4v) is 3.45. The van der Waals surface area contributed by atoms with Crippen molar-refractivity contribution in [1.82, 2.24) is 20.2 Å². The fourth-order valence-electron chi connectivity index (χ4n) is 2.74. The number of carbonyl (C=O) groups excluding carboxylic acids is 3. The number of nitrogens with zero attached hydrogens (tertiary/aromatic N) is 3. The van der Waals surface area contributed by atoms with E-state index < -0.39 is 5.91 Å². The molecule has 21 heavy (non-hydrogen) atoms. The number of hydrazine groups is 1. The third-order valence-corrected chi connectivity index (χ3v) is 4.62. The molecule has 8 nitrogen and oxygen atoms in total. The van der Waals surface area contributed by atoms with Gasteiger partial charge in [-0.15, -0.1) is 11.3 Å². The van der Waals surface area contributed by atoms with Gasteiger partial charge in [-0.3, -0.25) is 19.8 Å². The molecule has 0 saturated carbocycles. The van der Waals surface area contributed by atoms with Crippen molar-refractivity contribution >= 4 is 29.1 Å². The van der Waals surface area contributed by atoms with Gasteiger partial charge in [0.25, 0.3) is 5.91 Å². The SMILES string of the molecule is NNC(=O)c1nc(CN2CC(=O)N3CCCC3C2=O)cs1. The summed E-state index contributed by atoms with van der Waals surface area (Å²) in [7, 11) is 0. The number of aromatic nitrogens is 1. The first-order valence-corrected chi connectivity index (χ1v) is 7.51. The van der Waals surface area contributed by atoms with Crippen LogP contribution in [0.25, 0.3) is 0 Å². The molecule has 1 aromatic heterocycles. The lowest BCUT2D eigenvalue weighted by Gasteiger charge is -2.36. The van der Waals surface area contributed by atoms with Crippen molar-refractivity contribution in [2.75, 3.05) is 13.1 Å². The van der Waals surface area contributed by atoms with E-state index in [9.17, 15) is 14.4 Å². The molecular formula is C12H15N5O3S. The summed E-state index contributed by atoms with van der Waals surface area (Å²) < 4.78 is 0. The van der Waals surface area contributed by atoms with Gasteiger partial charge in [0.05, 0.1) is 12.2 Å². The van der Waals surface area contributed by atoms with Crippen LogP contribution in [-0.2, 0) is 16.1 Å². The summed E-state index contributed by atoms with van der Waals surface area (Å²) in [5, 5.41) is 1.94. The Kier molecular flexibility index (Phi) is 3.60. The van der Waals surface area contributed by atoms with Gasteiger partial charge in [-0.1, -0.05) is 0 Å². The molecular weight excluding hydrogens is 294 g/mol. The summed E-state index contributed by atoms with van der Waals surface area (Å²) in [6, 6.07) is -0.323. The highest BCUT2D eigenvalue weighted by Crippen LogP contribution is 2.24. The maximum Gasteiger partial charge on any atom is 0.294 e. The topological polar surface area (TPSA) is 109 Å². The lowest BCUT2D eigenvalue weighted by atomic mass is 10.1. The lowest BCUT2D eigenvalue weighted by molar-refractivity contribution is -0.154. The average molecular weight is 309 g/mol. The van der Waals surface area contributed by atoms with Crippen LogP contribution in [0, 0.1) is 0 Å². The van der Waals surface area contributed by atoms with Crippen LogP contribution in [0.2, 0.25) is 0 Å². The van der Waals surface area contributed by atoms with Gasteiger partial charge in [0, 0.05) is 11.9 Å². The predicted molar refractivity (Wildman–Crippen MR) is 73.9 cm³/mol. The molecule has 1 aromatic rings. The number of nitrogens with one attached hydrogen (secondary N) is 1. The Morgan fingerprint density at radius 3 is 3.10 bits per heavy atom. The summed E-state index contributed by atoms with van der Waals surface area (Å²) in [5.41, 5.74) is 2.60. The van der Waals surface area contributed by atoms with E-state index >= 15 is 0 Å². The molecule has 0 aromatic carbocycles. The number of amides is 3. The maximum absolute atomic E-state index is 12.4. The number of hydrogen-bond acceptors (Lipinski definition) is 6. The Bertz CT molecular complexity index is 601. The summed E-state index contributed by atoms with van der Waals surface area (Å²) >= 11 is 1.16. The summed E-state index contributed by atoms with van der Waals surface area (Å²) in [4.78, 5) is 43.0. The van der Waals surface area contributed by atoms with Crippen LogP contribution in [0.5, 0.6) is 0 Å². The van der Waals surface area contributed by atoms with Gasteiger partial charge in [0.2, 0.25) is 11.8 Å².